The number of rotatable bonds is 3. The lowest BCUT2D eigenvalue weighted by Crippen LogP contribution is -2.91. The zero-order valence-corrected chi connectivity index (χ0v) is 17.5. The van der Waals surface area contributed by atoms with E-state index in [1.54, 1.807) is 0 Å². The molecule has 4 rings (SSSR count). The number of aromatic hydroxyl groups is 1. The number of aliphatic hydroxyl groups excluding tert-OH is 1. The highest BCUT2D eigenvalue weighted by Gasteiger charge is 2.59. The van der Waals surface area contributed by atoms with E-state index in [1.165, 1.54) is 30.4 Å². The van der Waals surface area contributed by atoms with Gasteiger partial charge < -0.3 is 30.5 Å². The van der Waals surface area contributed by atoms with Crippen LogP contribution < -0.4 is 10.4 Å². The van der Waals surface area contributed by atoms with E-state index in [2.05, 4.69) is 25.4 Å². The van der Waals surface area contributed by atoms with Gasteiger partial charge in [-0.1, -0.05) is 13.0 Å². The molecule has 1 aromatic carbocycles. The predicted octanol–water partition coefficient (Wildman–Crippen LogP) is 0.158. The molecule has 7 heteroatoms. The Hall–Kier alpha value is -2.38. The molecule has 6 atom stereocenters. The van der Waals surface area contributed by atoms with Crippen LogP contribution in [0.1, 0.15) is 49.7 Å². The van der Waals surface area contributed by atoms with E-state index in [4.69, 9.17) is 5.11 Å². The number of benzene rings is 1. The van der Waals surface area contributed by atoms with Crippen LogP contribution in [0.3, 0.4) is 0 Å². The summed E-state index contributed by atoms with van der Waals surface area (Å²) in [6.45, 7) is 2.42. The van der Waals surface area contributed by atoms with Crippen LogP contribution in [0.15, 0.2) is 30.4 Å². The van der Waals surface area contributed by atoms with Crippen molar-refractivity contribution < 1.29 is 35.3 Å². The Kier molecular flexibility index (Phi) is 6.53. The molecule has 2 saturated carbocycles. The lowest BCUT2D eigenvalue weighted by Gasteiger charge is -2.49. The fourth-order valence-corrected chi connectivity index (χ4v) is 6.36. The molecule has 0 aromatic heterocycles. The van der Waals surface area contributed by atoms with Gasteiger partial charge in [-0.3, -0.25) is 0 Å². The second-order valence-corrected chi connectivity index (χ2v) is 9.00. The van der Waals surface area contributed by atoms with E-state index < -0.39 is 11.9 Å². The lowest BCUT2D eigenvalue weighted by atomic mass is 9.55. The minimum absolute atomic E-state index is 0.153. The Morgan fingerprint density at radius 3 is 2.60 bits per heavy atom. The second kappa shape index (κ2) is 8.78. The van der Waals surface area contributed by atoms with Crippen LogP contribution in [-0.2, 0) is 16.0 Å². The summed E-state index contributed by atoms with van der Waals surface area (Å²) in [4.78, 5) is 19.0. The molecule has 5 N–H and O–H groups in total. The Bertz CT molecular complexity index is 821. The number of likely N-dealkylation sites (N-methyl/N-ethyl adjacent to an activating group) is 1. The molecule has 0 spiro atoms. The number of nitrogens with two attached hydrogens (primary N) is 1. The first-order valence-corrected chi connectivity index (χ1v) is 10.6. The van der Waals surface area contributed by atoms with Gasteiger partial charge in [-0.2, -0.15) is 0 Å². The minimum Gasteiger partial charge on any atom is -0.545 e. The number of aliphatic carboxylic acids is 2. The fourth-order valence-electron chi connectivity index (χ4n) is 6.36. The van der Waals surface area contributed by atoms with Crippen molar-refractivity contribution in [3.63, 3.8) is 0 Å². The van der Waals surface area contributed by atoms with Crippen molar-refractivity contribution in [3.05, 3.63) is 41.5 Å². The summed E-state index contributed by atoms with van der Waals surface area (Å²) >= 11 is 0. The lowest BCUT2D eigenvalue weighted by molar-refractivity contribution is -0.682. The van der Waals surface area contributed by atoms with Gasteiger partial charge in [0.15, 0.2) is 0 Å². The van der Waals surface area contributed by atoms with E-state index in [-0.39, 0.29) is 11.5 Å². The standard InChI is InChI=1S/C19H27NO2.C4H4O4/c1-19-8-7-14-13-6-4-12(21)9-11(13)3-5-15(14)16(19)10-17(22)18(19)20-2;5-3(6)1-2-4(7)8/h4,6,9,14-18,20-22H,3,5,7-8,10H2,1-2H3;1-2H,(H,5,6)(H,7,8)/t14?,15?,16?,17-,18+,19+;/m1./s1. The van der Waals surface area contributed by atoms with Crippen molar-refractivity contribution in [1.29, 1.82) is 0 Å². The molecule has 164 valence electrons. The number of carbonyl (C=O) groups excluding carboxylic acids is 1. The van der Waals surface area contributed by atoms with Crippen LogP contribution in [0.25, 0.3) is 0 Å². The quantitative estimate of drug-likeness (QED) is 0.518. The number of phenolic OH excluding ortho intramolecular Hbond substituents is 1. The largest absolute Gasteiger partial charge is 0.545 e. The first-order chi connectivity index (χ1) is 14.2. The summed E-state index contributed by atoms with van der Waals surface area (Å²) in [5, 5.41) is 39.8. The number of aliphatic hydroxyl groups is 1. The van der Waals surface area contributed by atoms with E-state index >= 15 is 0 Å². The molecular weight excluding hydrogens is 386 g/mol. The fraction of sp³-hybridized carbons (Fsp3) is 0.565. The smallest absolute Gasteiger partial charge is 0.328 e. The Morgan fingerprint density at radius 1 is 1.27 bits per heavy atom. The van der Waals surface area contributed by atoms with Gasteiger partial charge in [-0.15, -0.1) is 0 Å². The van der Waals surface area contributed by atoms with E-state index in [1.807, 2.05) is 12.1 Å². The minimum atomic E-state index is -1.51. The molecule has 0 bridgehead atoms. The highest BCUT2D eigenvalue weighted by Crippen LogP contribution is 2.60. The molecule has 0 heterocycles. The average Bonchev–Trinajstić information content (AvgIpc) is 2.95. The summed E-state index contributed by atoms with van der Waals surface area (Å²) in [7, 11) is 2.12. The SMILES string of the molecule is C[NH2+][C@H]1[C@H](O)CC2C3CCc4cc(O)ccc4C3CC[C@@]21C.O=C([O-])C=CC(=O)O. The third-order valence-corrected chi connectivity index (χ3v) is 7.54. The van der Waals surface area contributed by atoms with Gasteiger partial charge in [0.1, 0.15) is 17.9 Å². The van der Waals surface area contributed by atoms with Crippen molar-refractivity contribution in [1.82, 2.24) is 0 Å². The third-order valence-electron chi connectivity index (χ3n) is 7.54. The highest BCUT2D eigenvalue weighted by molar-refractivity contribution is 5.88. The zero-order chi connectivity index (χ0) is 22.1. The molecule has 0 aliphatic heterocycles. The van der Waals surface area contributed by atoms with Crippen molar-refractivity contribution in [3.8, 4) is 5.75 Å². The molecule has 2 fully saturated rings. The molecule has 1 aromatic rings. The van der Waals surface area contributed by atoms with Crippen molar-refractivity contribution >= 4 is 11.9 Å². The maximum Gasteiger partial charge on any atom is 0.328 e. The molecule has 3 unspecified atom stereocenters. The Labute approximate surface area is 176 Å². The first-order valence-electron chi connectivity index (χ1n) is 10.6. The van der Waals surface area contributed by atoms with Crippen LogP contribution in [0.5, 0.6) is 5.75 Å². The predicted molar refractivity (Wildman–Crippen MR) is 108 cm³/mol. The van der Waals surface area contributed by atoms with Crippen molar-refractivity contribution in [2.24, 2.45) is 17.3 Å². The number of carbonyl (C=O) groups is 2. The number of aryl methyl sites for hydroxylation is 1. The monoisotopic (exact) mass is 417 g/mol. The van der Waals surface area contributed by atoms with Gasteiger partial charge in [0.05, 0.1) is 13.0 Å². The average molecular weight is 418 g/mol. The maximum atomic E-state index is 10.5. The van der Waals surface area contributed by atoms with Crippen LogP contribution >= 0.6 is 0 Å². The summed E-state index contributed by atoms with van der Waals surface area (Å²) < 4.78 is 0. The van der Waals surface area contributed by atoms with Gasteiger partial charge in [-0.25, -0.2) is 4.79 Å². The number of phenols is 1. The molecule has 0 saturated heterocycles. The molecular formula is C23H31NO6. The summed E-state index contributed by atoms with van der Waals surface area (Å²) in [6, 6.07) is 6.32. The first kappa shape index (κ1) is 22.3. The van der Waals surface area contributed by atoms with E-state index in [9.17, 15) is 24.9 Å². The number of hydrogen-bond acceptors (Lipinski definition) is 5. The van der Waals surface area contributed by atoms with Crippen molar-refractivity contribution in [2.75, 3.05) is 7.05 Å². The van der Waals surface area contributed by atoms with E-state index in [0.29, 0.717) is 41.7 Å². The molecule has 3 aliphatic rings. The van der Waals surface area contributed by atoms with Gasteiger partial charge in [0.25, 0.3) is 0 Å². The van der Waals surface area contributed by atoms with Crippen molar-refractivity contribution in [2.45, 2.75) is 57.1 Å². The van der Waals surface area contributed by atoms with Gasteiger partial charge in [0.2, 0.25) is 0 Å². The second-order valence-electron chi connectivity index (χ2n) is 9.00. The number of carboxylic acids is 2. The Balaban J connectivity index is 0.000000275. The number of carboxylic acid groups (broad SMARTS) is 2. The van der Waals surface area contributed by atoms with Gasteiger partial charge in [-0.05, 0) is 79.2 Å². The summed E-state index contributed by atoms with van der Waals surface area (Å²) in [5.41, 5.74) is 3.10. The van der Waals surface area contributed by atoms with Crippen LogP contribution in [0, 0.1) is 17.3 Å². The zero-order valence-electron chi connectivity index (χ0n) is 17.5. The Morgan fingerprint density at radius 2 is 2.00 bits per heavy atom. The molecule has 0 amide bonds. The van der Waals surface area contributed by atoms with E-state index in [0.717, 1.165) is 12.8 Å². The number of fused-ring (bicyclic) bond motifs is 5. The summed E-state index contributed by atoms with van der Waals surface area (Å²) in [5.74, 6) is -0.429. The topological polar surface area (TPSA) is 134 Å². The van der Waals surface area contributed by atoms with Crippen LogP contribution in [-0.4, -0.2) is 46.5 Å². The normalized spacial score (nSPS) is 34.3. The third kappa shape index (κ3) is 4.23. The van der Waals surface area contributed by atoms with Gasteiger partial charge >= 0.3 is 5.97 Å². The highest BCUT2D eigenvalue weighted by atomic mass is 16.4. The maximum absolute atomic E-state index is 10.5. The summed E-state index contributed by atoms with van der Waals surface area (Å²) in [6.07, 6.45) is 6.49. The molecule has 3 aliphatic carbocycles. The molecule has 7 nitrogen and oxygen atoms in total. The van der Waals surface area contributed by atoms with Crippen LogP contribution in [0.4, 0.5) is 0 Å². The number of hydrogen-bond donors (Lipinski definition) is 4. The molecule has 30 heavy (non-hydrogen) atoms. The number of quaternary nitrogens is 1. The molecule has 0 radical (unpaired) electrons. The van der Waals surface area contributed by atoms with Gasteiger partial charge in [0, 0.05) is 11.5 Å². The van der Waals surface area contributed by atoms with Crippen LogP contribution in [0.2, 0.25) is 0 Å².